The molecule has 190 valence electrons. The molecule has 1 aliphatic heterocycles. The van der Waals surface area contributed by atoms with Crippen LogP contribution < -0.4 is 20.8 Å². The molecule has 1 saturated heterocycles. The quantitative estimate of drug-likeness (QED) is 0.228. The molecular formula is C25H28N9O3+. The number of anilines is 1. The molecule has 0 bridgehead atoms. The number of nitrogens with one attached hydrogen (secondary N) is 2. The molecule has 3 heterocycles. The fourth-order valence-electron chi connectivity index (χ4n) is 4.22. The van der Waals surface area contributed by atoms with E-state index in [9.17, 15) is 4.79 Å². The Morgan fingerprint density at radius 1 is 1.11 bits per heavy atom. The van der Waals surface area contributed by atoms with Crippen molar-refractivity contribution in [1.82, 2.24) is 30.7 Å². The van der Waals surface area contributed by atoms with E-state index in [0.29, 0.717) is 18.8 Å². The first kappa shape index (κ1) is 24.1. The lowest BCUT2D eigenvalue weighted by Gasteiger charge is -2.23. The summed E-state index contributed by atoms with van der Waals surface area (Å²) in [5, 5.41) is 19.7. The van der Waals surface area contributed by atoms with E-state index in [-0.39, 0.29) is 17.3 Å². The number of nitrogens with zero attached hydrogens (tertiary/aromatic N) is 6. The maximum absolute atomic E-state index is 13.0. The van der Waals surface area contributed by atoms with Crippen LogP contribution in [0.25, 0.3) is 5.82 Å². The molecule has 1 aliphatic rings. The summed E-state index contributed by atoms with van der Waals surface area (Å²) < 4.78 is 11.9. The monoisotopic (exact) mass is 502 g/mol. The van der Waals surface area contributed by atoms with Crippen molar-refractivity contribution in [2.24, 2.45) is 5.10 Å². The number of aromatic nitrogens is 5. The van der Waals surface area contributed by atoms with Gasteiger partial charge in [-0.2, -0.15) is 9.78 Å². The van der Waals surface area contributed by atoms with Gasteiger partial charge in [0.25, 0.3) is 5.91 Å². The van der Waals surface area contributed by atoms with Gasteiger partial charge in [0.2, 0.25) is 11.6 Å². The zero-order valence-corrected chi connectivity index (χ0v) is 20.2. The standard InChI is InChI=1S/C25H27N9O3/c26-23-24(31-37-30-23)34-21(16-33-13-5-2-6-14-33)22(28-32-34)25(35)29-27-15-18-9-11-20(12-10-18)36-17-19-7-3-1-4-8-19/h1,3-4,7-12,15H,2,5-6,13-14,16-17H2,(H2,26,30)(H,29,35)/p+1. The average molecular weight is 503 g/mol. The fraction of sp³-hybridized carbons (Fsp3) is 0.280. The SMILES string of the molecule is Nc1nonc1-n1nnc(C(=O)NN=Cc2ccc(OCc3ccccc3)cc2)c1C[NH+]1CCCCC1. The van der Waals surface area contributed by atoms with Crippen LogP contribution in [0.3, 0.4) is 0 Å². The average Bonchev–Trinajstić information content (AvgIpc) is 3.55. The van der Waals surface area contributed by atoms with Gasteiger partial charge in [0.15, 0.2) is 5.69 Å². The molecule has 2 aromatic carbocycles. The Kier molecular flexibility index (Phi) is 7.46. The summed E-state index contributed by atoms with van der Waals surface area (Å²) >= 11 is 0. The van der Waals surface area contributed by atoms with Gasteiger partial charge in [-0.05, 0) is 65.0 Å². The summed E-state index contributed by atoms with van der Waals surface area (Å²) in [5.41, 5.74) is 11.0. The highest BCUT2D eigenvalue weighted by Gasteiger charge is 2.27. The van der Waals surface area contributed by atoms with Crippen LogP contribution in [0.15, 0.2) is 64.3 Å². The van der Waals surface area contributed by atoms with Crippen molar-refractivity contribution in [3.63, 3.8) is 0 Å². The van der Waals surface area contributed by atoms with E-state index in [0.717, 1.165) is 42.8 Å². The third kappa shape index (κ3) is 5.98. The molecule has 0 radical (unpaired) electrons. The predicted octanol–water partition coefficient (Wildman–Crippen LogP) is 1.14. The first-order chi connectivity index (χ1) is 18.2. The van der Waals surface area contributed by atoms with Gasteiger partial charge in [-0.1, -0.05) is 35.5 Å². The van der Waals surface area contributed by atoms with Crippen molar-refractivity contribution in [3.8, 4) is 11.6 Å². The number of amides is 1. The van der Waals surface area contributed by atoms with Crippen LogP contribution in [-0.4, -0.2) is 50.5 Å². The summed E-state index contributed by atoms with van der Waals surface area (Å²) in [6.07, 6.45) is 5.03. The molecule has 2 aromatic heterocycles. The summed E-state index contributed by atoms with van der Waals surface area (Å²) in [6, 6.07) is 17.4. The lowest BCUT2D eigenvalue weighted by molar-refractivity contribution is -0.918. The zero-order chi connectivity index (χ0) is 25.5. The van der Waals surface area contributed by atoms with Crippen molar-refractivity contribution < 1.29 is 19.1 Å². The Bertz CT molecular complexity index is 1340. The Hall–Kier alpha value is -4.58. The third-order valence-electron chi connectivity index (χ3n) is 6.16. The number of benzene rings is 2. The minimum Gasteiger partial charge on any atom is -0.489 e. The second kappa shape index (κ2) is 11.4. The molecule has 0 saturated carbocycles. The molecule has 1 amide bonds. The van der Waals surface area contributed by atoms with Crippen LogP contribution in [0.4, 0.5) is 5.82 Å². The summed E-state index contributed by atoms with van der Waals surface area (Å²) in [4.78, 5) is 14.3. The Morgan fingerprint density at radius 3 is 2.62 bits per heavy atom. The Labute approximate surface area is 213 Å². The highest BCUT2D eigenvalue weighted by atomic mass is 16.6. The predicted molar refractivity (Wildman–Crippen MR) is 134 cm³/mol. The van der Waals surface area contributed by atoms with E-state index >= 15 is 0 Å². The van der Waals surface area contributed by atoms with Crippen LogP contribution in [-0.2, 0) is 13.2 Å². The van der Waals surface area contributed by atoms with Crippen molar-refractivity contribution in [1.29, 1.82) is 0 Å². The Morgan fingerprint density at radius 2 is 1.89 bits per heavy atom. The summed E-state index contributed by atoms with van der Waals surface area (Å²) in [6.45, 7) is 3.03. The van der Waals surface area contributed by atoms with Crippen LogP contribution in [0.2, 0.25) is 0 Å². The molecular weight excluding hydrogens is 474 g/mol. The maximum atomic E-state index is 13.0. The minimum atomic E-state index is -0.480. The molecule has 1 fully saturated rings. The molecule has 0 atom stereocenters. The number of hydrazone groups is 1. The normalized spacial score (nSPS) is 14.2. The van der Waals surface area contributed by atoms with Crippen LogP contribution >= 0.6 is 0 Å². The zero-order valence-electron chi connectivity index (χ0n) is 20.2. The molecule has 4 N–H and O–H groups in total. The highest BCUT2D eigenvalue weighted by Crippen LogP contribution is 2.16. The van der Waals surface area contributed by atoms with Crippen LogP contribution in [0.5, 0.6) is 5.75 Å². The highest BCUT2D eigenvalue weighted by molar-refractivity contribution is 5.94. The van der Waals surface area contributed by atoms with Crippen molar-refractivity contribution in [2.45, 2.75) is 32.4 Å². The van der Waals surface area contributed by atoms with Crippen molar-refractivity contribution >= 4 is 17.9 Å². The van der Waals surface area contributed by atoms with Gasteiger partial charge in [0.05, 0.1) is 19.3 Å². The molecule has 0 unspecified atom stereocenters. The van der Waals surface area contributed by atoms with E-state index < -0.39 is 5.91 Å². The topological polar surface area (TPSA) is 151 Å². The van der Waals surface area contributed by atoms with E-state index in [2.05, 4.69) is 31.2 Å². The maximum Gasteiger partial charge on any atom is 0.294 e. The van der Waals surface area contributed by atoms with E-state index in [4.69, 9.17) is 15.1 Å². The number of hydrogen-bond acceptors (Lipinski definition) is 9. The van der Waals surface area contributed by atoms with E-state index in [1.807, 2.05) is 54.6 Å². The smallest absolute Gasteiger partial charge is 0.294 e. The van der Waals surface area contributed by atoms with Gasteiger partial charge >= 0.3 is 0 Å². The van der Waals surface area contributed by atoms with Gasteiger partial charge in [-0.25, -0.2) is 10.1 Å². The number of quaternary nitrogens is 1. The molecule has 0 aliphatic carbocycles. The summed E-state index contributed by atoms with van der Waals surface area (Å²) in [5.74, 6) is 0.539. The number of rotatable bonds is 9. The fourth-order valence-corrected chi connectivity index (χ4v) is 4.22. The van der Waals surface area contributed by atoms with Gasteiger partial charge in [0, 0.05) is 0 Å². The van der Waals surface area contributed by atoms with E-state index in [1.165, 1.54) is 16.0 Å². The molecule has 12 heteroatoms. The second-order valence-electron chi connectivity index (χ2n) is 8.80. The number of hydrogen-bond donors (Lipinski definition) is 3. The number of nitrogens with two attached hydrogens (primary N) is 1. The largest absolute Gasteiger partial charge is 0.489 e. The number of carbonyl (C=O) groups excluding carboxylic acids is 1. The molecule has 0 spiro atoms. The number of nitrogen functional groups attached to an aromatic ring is 1. The number of likely N-dealkylation sites (tertiary alicyclic amines) is 1. The first-order valence-electron chi connectivity index (χ1n) is 12.1. The van der Waals surface area contributed by atoms with Gasteiger partial charge in [-0.3, -0.25) is 4.79 Å². The second-order valence-corrected chi connectivity index (χ2v) is 8.80. The third-order valence-corrected chi connectivity index (χ3v) is 6.16. The number of piperidine rings is 1. The van der Waals surface area contributed by atoms with Crippen LogP contribution in [0.1, 0.15) is 46.6 Å². The Balaban J connectivity index is 1.24. The summed E-state index contributed by atoms with van der Waals surface area (Å²) in [7, 11) is 0. The van der Waals surface area contributed by atoms with Gasteiger partial charge in [-0.15, -0.1) is 5.10 Å². The molecule has 5 rings (SSSR count). The van der Waals surface area contributed by atoms with Gasteiger partial charge in [0.1, 0.15) is 24.6 Å². The van der Waals surface area contributed by atoms with Crippen molar-refractivity contribution in [3.05, 3.63) is 77.1 Å². The number of ether oxygens (including phenoxy) is 1. The minimum absolute atomic E-state index is 0.0703. The van der Waals surface area contributed by atoms with Crippen LogP contribution in [0, 0.1) is 0 Å². The van der Waals surface area contributed by atoms with Crippen molar-refractivity contribution in [2.75, 3.05) is 18.8 Å². The lowest BCUT2D eigenvalue weighted by atomic mass is 10.1. The first-order valence-corrected chi connectivity index (χ1v) is 12.1. The van der Waals surface area contributed by atoms with Gasteiger partial charge < -0.3 is 15.4 Å². The lowest BCUT2D eigenvalue weighted by Crippen LogP contribution is -3.11. The molecule has 37 heavy (non-hydrogen) atoms. The van der Waals surface area contributed by atoms with E-state index in [1.54, 1.807) is 6.21 Å². The number of carbonyl (C=O) groups is 1. The molecule has 4 aromatic rings. The molecule has 12 nitrogen and oxygen atoms in total.